The molecule has 1 N–H and O–H groups in total. The number of carbonyl (C=O) groups is 1. The van der Waals surface area contributed by atoms with Gasteiger partial charge in [0.1, 0.15) is 5.54 Å². The Morgan fingerprint density at radius 1 is 1.42 bits per heavy atom. The van der Waals surface area contributed by atoms with E-state index in [1.54, 1.807) is 19.9 Å². The minimum absolute atomic E-state index is 0.145. The number of carbonyl (C=O) groups excluding carboxylic acids is 1. The first-order valence-corrected chi connectivity index (χ1v) is 6.25. The van der Waals surface area contributed by atoms with Crippen molar-refractivity contribution < 1.29 is 18.7 Å². The Bertz CT molecular complexity index is 450. The van der Waals surface area contributed by atoms with Gasteiger partial charge in [0.15, 0.2) is 11.6 Å². The first-order valence-electron chi connectivity index (χ1n) is 6.25. The van der Waals surface area contributed by atoms with Crippen LogP contribution in [0.1, 0.15) is 26.3 Å². The van der Waals surface area contributed by atoms with Crippen LogP contribution in [0.4, 0.5) is 4.39 Å². The lowest BCUT2D eigenvalue weighted by Gasteiger charge is -2.28. The second-order valence-electron chi connectivity index (χ2n) is 4.23. The minimum Gasteiger partial charge on any atom is -0.494 e. The SMILES string of the molecule is CCNC(C)(C(=O)OCC)c1ccc(OC)c(F)c1. The molecule has 0 saturated heterocycles. The van der Waals surface area contributed by atoms with Crippen LogP contribution in [-0.2, 0) is 15.1 Å². The highest BCUT2D eigenvalue weighted by Gasteiger charge is 2.36. The molecule has 1 rings (SSSR count). The molecular formula is C14H20FNO3. The second-order valence-corrected chi connectivity index (χ2v) is 4.23. The maximum Gasteiger partial charge on any atom is 0.330 e. The molecule has 0 amide bonds. The molecule has 0 fully saturated rings. The van der Waals surface area contributed by atoms with E-state index >= 15 is 0 Å². The Morgan fingerprint density at radius 3 is 2.58 bits per heavy atom. The molecule has 0 aliphatic heterocycles. The highest BCUT2D eigenvalue weighted by molar-refractivity contribution is 5.82. The number of hydrogen-bond acceptors (Lipinski definition) is 4. The number of hydrogen-bond donors (Lipinski definition) is 1. The van der Waals surface area contributed by atoms with Crippen LogP contribution in [0.15, 0.2) is 18.2 Å². The second kappa shape index (κ2) is 6.52. The zero-order valence-corrected chi connectivity index (χ0v) is 11.7. The number of ether oxygens (including phenoxy) is 2. The fourth-order valence-corrected chi connectivity index (χ4v) is 1.90. The van der Waals surface area contributed by atoms with Crippen LogP contribution in [-0.4, -0.2) is 26.2 Å². The van der Waals surface area contributed by atoms with Gasteiger partial charge in [-0.3, -0.25) is 5.32 Å². The molecule has 1 aromatic rings. The number of esters is 1. The summed E-state index contributed by atoms with van der Waals surface area (Å²) >= 11 is 0. The van der Waals surface area contributed by atoms with Crippen molar-refractivity contribution in [1.29, 1.82) is 0 Å². The van der Waals surface area contributed by atoms with Crippen molar-refractivity contribution in [3.05, 3.63) is 29.6 Å². The Hall–Kier alpha value is -1.62. The molecule has 0 aromatic heterocycles. The third-order valence-electron chi connectivity index (χ3n) is 2.94. The molecule has 0 bridgehead atoms. The summed E-state index contributed by atoms with van der Waals surface area (Å²) in [5.74, 6) is -0.790. The summed E-state index contributed by atoms with van der Waals surface area (Å²) in [4.78, 5) is 12.1. The van der Waals surface area contributed by atoms with Gasteiger partial charge in [-0.15, -0.1) is 0 Å². The lowest BCUT2D eigenvalue weighted by atomic mass is 9.91. The van der Waals surface area contributed by atoms with Gasteiger partial charge in [0, 0.05) is 0 Å². The highest BCUT2D eigenvalue weighted by Crippen LogP contribution is 2.27. The van der Waals surface area contributed by atoms with E-state index in [-0.39, 0.29) is 12.4 Å². The fraction of sp³-hybridized carbons (Fsp3) is 0.500. The number of nitrogens with one attached hydrogen (secondary N) is 1. The number of benzene rings is 1. The minimum atomic E-state index is -1.07. The largest absolute Gasteiger partial charge is 0.494 e. The molecule has 1 unspecified atom stereocenters. The van der Waals surface area contributed by atoms with Crippen LogP contribution in [0.3, 0.4) is 0 Å². The van der Waals surface area contributed by atoms with Gasteiger partial charge in [-0.05, 0) is 38.1 Å². The van der Waals surface area contributed by atoms with Crippen molar-refractivity contribution >= 4 is 5.97 Å². The van der Waals surface area contributed by atoms with Crippen LogP contribution >= 0.6 is 0 Å². The molecule has 0 heterocycles. The summed E-state index contributed by atoms with van der Waals surface area (Å²) < 4.78 is 23.7. The highest BCUT2D eigenvalue weighted by atomic mass is 19.1. The average Bonchev–Trinajstić information content (AvgIpc) is 2.39. The fourth-order valence-electron chi connectivity index (χ4n) is 1.90. The van der Waals surface area contributed by atoms with Crippen molar-refractivity contribution in [3.63, 3.8) is 0 Å². The molecule has 0 saturated carbocycles. The van der Waals surface area contributed by atoms with Crippen LogP contribution < -0.4 is 10.1 Å². The summed E-state index contributed by atoms with van der Waals surface area (Å²) in [5.41, 5.74) is -0.566. The Kier molecular flexibility index (Phi) is 5.30. The number of rotatable bonds is 6. The molecular weight excluding hydrogens is 249 g/mol. The van der Waals surface area contributed by atoms with E-state index in [4.69, 9.17) is 9.47 Å². The van der Waals surface area contributed by atoms with Gasteiger partial charge in [0.05, 0.1) is 13.7 Å². The van der Waals surface area contributed by atoms with Crippen LogP contribution in [0.25, 0.3) is 0 Å². The smallest absolute Gasteiger partial charge is 0.330 e. The van der Waals surface area contributed by atoms with Crippen molar-refractivity contribution in [2.45, 2.75) is 26.3 Å². The van der Waals surface area contributed by atoms with Gasteiger partial charge in [-0.25, -0.2) is 9.18 Å². The normalized spacial score (nSPS) is 13.7. The van der Waals surface area contributed by atoms with Gasteiger partial charge >= 0.3 is 5.97 Å². The molecule has 1 aromatic carbocycles. The van der Waals surface area contributed by atoms with E-state index in [0.29, 0.717) is 12.1 Å². The zero-order chi connectivity index (χ0) is 14.5. The van der Waals surface area contributed by atoms with E-state index < -0.39 is 17.3 Å². The summed E-state index contributed by atoms with van der Waals surface area (Å²) in [6, 6.07) is 4.44. The molecule has 4 nitrogen and oxygen atoms in total. The molecule has 0 aliphatic rings. The topological polar surface area (TPSA) is 47.6 Å². The van der Waals surface area contributed by atoms with Crippen LogP contribution in [0.2, 0.25) is 0 Å². The van der Waals surface area contributed by atoms with Crippen LogP contribution in [0, 0.1) is 5.82 Å². The van der Waals surface area contributed by atoms with Gasteiger partial charge in [0.2, 0.25) is 0 Å². The number of likely N-dealkylation sites (N-methyl/N-ethyl adjacent to an activating group) is 1. The van der Waals surface area contributed by atoms with Crippen molar-refractivity contribution in [2.24, 2.45) is 0 Å². The number of methoxy groups -OCH3 is 1. The Balaban J connectivity index is 3.18. The summed E-state index contributed by atoms with van der Waals surface area (Å²) in [6.45, 7) is 6.12. The molecule has 0 radical (unpaired) electrons. The van der Waals surface area contributed by atoms with E-state index in [9.17, 15) is 9.18 Å². The van der Waals surface area contributed by atoms with E-state index in [1.807, 2.05) is 6.92 Å². The standard InChI is InChI=1S/C14H20FNO3/c1-5-16-14(3,13(17)19-6-2)10-7-8-12(18-4)11(15)9-10/h7-9,16H,5-6H2,1-4H3. The molecule has 19 heavy (non-hydrogen) atoms. The van der Waals surface area contributed by atoms with Crippen molar-refractivity contribution in [2.75, 3.05) is 20.3 Å². The number of halogens is 1. The van der Waals surface area contributed by atoms with E-state index in [1.165, 1.54) is 19.2 Å². The molecule has 106 valence electrons. The Labute approximate surface area is 112 Å². The summed E-state index contributed by atoms with van der Waals surface area (Å²) in [6.07, 6.45) is 0. The van der Waals surface area contributed by atoms with Gasteiger partial charge in [-0.1, -0.05) is 13.0 Å². The maximum atomic E-state index is 13.8. The third-order valence-corrected chi connectivity index (χ3v) is 2.94. The molecule has 0 aliphatic carbocycles. The van der Waals surface area contributed by atoms with Gasteiger partial charge in [-0.2, -0.15) is 0 Å². The molecule has 1 atom stereocenters. The Morgan fingerprint density at radius 2 is 2.11 bits per heavy atom. The molecule has 5 heteroatoms. The lowest BCUT2D eigenvalue weighted by molar-refractivity contribution is -0.151. The first-order chi connectivity index (χ1) is 8.99. The van der Waals surface area contributed by atoms with Crippen molar-refractivity contribution in [1.82, 2.24) is 5.32 Å². The third kappa shape index (κ3) is 3.23. The van der Waals surface area contributed by atoms with Gasteiger partial charge in [0.25, 0.3) is 0 Å². The van der Waals surface area contributed by atoms with Gasteiger partial charge < -0.3 is 9.47 Å². The van der Waals surface area contributed by atoms with Crippen LogP contribution in [0.5, 0.6) is 5.75 Å². The summed E-state index contributed by atoms with van der Waals surface area (Å²) in [5, 5.41) is 3.04. The van der Waals surface area contributed by atoms with E-state index in [0.717, 1.165) is 0 Å². The van der Waals surface area contributed by atoms with E-state index in [2.05, 4.69) is 5.32 Å². The quantitative estimate of drug-likeness (QED) is 0.804. The van der Waals surface area contributed by atoms with Crippen molar-refractivity contribution in [3.8, 4) is 5.75 Å². The predicted octanol–water partition coefficient (Wildman–Crippen LogP) is 2.22. The predicted molar refractivity (Wildman–Crippen MR) is 70.6 cm³/mol. The summed E-state index contributed by atoms with van der Waals surface area (Å²) in [7, 11) is 1.40. The zero-order valence-electron chi connectivity index (χ0n) is 11.7. The molecule has 0 spiro atoms. The maximum absolute atomic E-state index is 13.8. The first kappa shape index (κ1) is 15.4. The monoisotopic (exact) mass is 269 g/mol. The lowest BCUT2D eigenvalue weighted by Crippen LogP contribution is -2.47. The average molecular weight is 269 g/mol.